The van der Waals surface area contributed by atoms with Crippen LogP contribution >= 0.6 is 0 Å². The molecule has 30 heavy (non-hydrogen) atoms. The molecule has 0 aliphatic heterocycles. The van der Waals surface area contributed by atoms with Crippen molar-refractivity contribution in [1.29, 1.82) is 0 Å². The zero-order valence-corrected chi connectivity index (χ0v) is 18.2. The predicted octanol–water partition coefficient (Wildman–Crippen LogP) is 6.98. The molecule has 3 aromatic carbocycles. The summed E-state index contributed by atoms with van der Waals surface area (Å²) in [6.45, 7) is 6.81. The highest BCUT2D eigenvalue weighted by Gasteiger charge is 2.12. The average Bonchev–Trinajstić information content (AvgIpc) is 2.81. The molecule has 156 valence electrons. The van der Waals surface area contributed by atoms with Gasteiger partial charge in [-0.1, -0.05) is 85.3 Å². The lowest BCUT2D eigenvalue weighted by atomic mass is 9.88. The lowest BCUT2D eigenvalue weighted by molar-refractivity contribution is 0.147. The Morgan fingerprint density at radius 3 is 2.03 bits per heavy atom. The summed E-state index contributed by atoms with van der Waals surface area (Å²) in [4.78, 5) is 0. The maximum atomic E-state index is 5.41. The summed E-state index contributed by atoms with van der Waals surface area (Å²) in [6, 6.07) is 30.4. The summed E-state index contributed by atoms with van der Waals surface area (Å²) < 4.78 is 5.41. The van der Waals surface area contributed by atoms with Crippen LogP contribution in [0.15, 0.2) is 90.5 Å². The Morgan fingerprint density at radius 1 is 0.767 bits per heavy atom. The minimum absolute atomic E-state index is 0.784. The molecule has 0 heterocycles. The van der Waals surface area contributed by atoms with E-state index in [2.05, 4.69) is 97.2 Å². The van der Waals surface area contributed by atoms with Gasteiger partial charge >= 0.3 is 0 Å². The van der Waals surface area contributed by atoms with Crippen molar-refractivity contribution in [1.82, 2.24) is 0 Å². The maximum Gasteiger partial charge on any atom is 0.0482 e. The third-order valence-electron chi connectivity index (χ3n) is 5.28. The summed E-state index contributed by atoms with van der Waals surface area (Å²) >= 11 is 0. The van der Waals surface area contributed by atoms with Crippen molar-refractivity contribution in [2.45, 2.75) is 33.1 Å². The Bertz CT molecular complexity index is 898. The topological polar surface area (TPSA) is 21.3 Å². The van der Waals surface area contributed by atoms with Crippen LogP contribution in [-0.4, -0.2) is 19.8 Å². The molecule has 0 saturated carbocycles. The molecule has 0 radical (unpaired) electrons. The molecule has 3 aromatic rings. The number of benzene rings is 3. The van der Waals surface area contributed by atoms with Gasteiger partial charge in [-0.3, -0.25) is 0 Å². The molecule has 0 aromatic heterocycles. The van der Waals surface area contributed by atoms with Crippen LogP contribution in [-0.2, 0) is 11.2 Å². The molecule has 0 bridgehead atoms. The average molecular weight is 400 g/mol. The van der Waals surface area contributed by atoms with E-state index >= 15 is 0 Å². The smallest absolute Gasteiger partial charge is 0.0482 e. The molecule has 1 N–H and O–H groups in total. The van der Waals surface area contributed by atoms with Crippen LogP contribution in [0.5, 0.6) is 0 Å². The Kier molecular flexibility index (Phi) is 8.74. The molecule has 3 rings (SSSR count). The van der Waals surface area contributed by atoms with E-state index in [9.17, 15) is 0 Å². The van der Waals surface area contributed by atoms with Crippen LogP contribution in [0.4, 0.5) is 5.69 Å². The molecule has 0 fully saturated rings. The van der Waals surface area contributed by atoms with Gasteiger partial charge in [-0.2, -0.15) is 0 Å². The van der Waals surface area contributed by atoms with Crippen molar-refractivity contribution in [2.75, 3.05) is 25.1 Å². The summed E-state index contributed by atoms with van der Waals surface area (Å²) in [7, 11) is 0. The van der Waals surface area contributed by atoms with E-state index in [-0.39, 0.29) is 0 Å². The second-order valence-electron chi connectivity index (χ2n) is 7.42. The monoisotopic (exact) mass is 399 g/mol. The summed E-state index contributed by atoms with van der Waals surface area (Å²) in [5.74, 6) is 0. The fourth-order valence-corrected chi connectivity index (χ4v) is 3.72. The molecular formula is C28H33NO. The summed E-state index contributed by atoms with van der Waals surface area (Å²) in [6.07, 6.45) is 3.01. The third kappa shape index (κ3) is 6.33. The summed E-state index contributed by atoms with van der Waals surface area (Å²) in [5.41, 5.74) is 7.88. The number of hydrogen-bond acceptors (Lipinski definition) is 2. The van der Waals surface area contributed by atoms with E-state index in [0.29, 0.717) is 0 Å². The number of hydrogen-bond donors (Lipinski definition) is 1. The van der Waals surface area contributed by atoms with Gasteiger partial charge in [0.2, 0.25) is 0 Å². The van der Waals surface area contributed by atoms with Gasteiger partial charge in [0.25, 0.3) is 0 Å². The Labute approximate surface area is 181 Å². The van der Waals surface area contributed by atoms with Gasteiger partial charge in [0.15, 0.2) is 0 Å². The molecule has 0 aliphatic rings. The summed E-state index contributed by atoms with van der Waals surface area (Å²) in [5, 5.41) is 3.50. The third-order valence-corrected chi connectivity index (χ3v) is 5.28. The van der Waals surface area contributed by atoms with Gasteiger partial charge in [0.1, 0.15) is 0 Å². The number of ether oxygens (including phenoxy) is 1. The zero-order chi connectivity index (χ0) is 21.0. The lowest BCUT2D eigenvalue weighted by Crippen LogP contribution is -2.05. The number of nitrogens with one attached hydrogen (secondary N) is 1. The van der Waals surface area contributed by atoms with Gasteiger partial charge in [-0.25, -0.2) is 0 Å². The predicted molar refractivity (Wildman–Crippen MR) is 129 cm³/mol. The standard InChI is InChI=1S/C28H33NO/c1-3-24(22-23-12-7-5-8-13-23)28(25-14-9-6-10-15-25)26-16-18-27(19-17-26)29-20-11-21-30-4-2/h5-10,12-19,29H,3-4,11,20-22H2,1-2H3. The SMILES string of the molecule is CCOCCCNc1ccc(C(=C(CC)Cc2ccccc2)c2ccccc2)cc1. The van der Waals surface area contributed by atoms with E-state index in [1.165, 1.54) is 27.8 Å². The highest BCUT2D eigenvalue weighted by atomic mass is 16.5. The molecule has 0 aliphatic carbocycles. The first kappa shape index (κ1) is 21.9. The second-order valence-corrected chi connectivity index (χ2v) is 7.42. The van der Waals surface area contributed by atoms with E-state index < -0.39 is 0 Å². The second kappa shape index (κ2) is 12.0. The van der Waals surface area contributed by atoms with E-state index in [4.69, 9.17) is 4.74 Å². The Morgan fingerprint density at radius 2 is 1.40 bits per heavy atom. The molecule has 0 spiro atoms. The van der Waals surface area contributed by atoms with Crippen LogP contribution in [0.25, 0.3) is 5.57 Å². The van der Waals surface area contributed by atoms with Gasteiger partial charge in [0, 0.05) is 25.4 Å². The fourth-order valence-electron chi connectivity index (χ4n) is 3.72. The van der Waals surface area contributed by atoms with Gasteiger partial charge < -0.3 is 10.1 Å². The normalized spacial score (nSPS) is 11.8. The molecule has 0 amide bonds. The van der Waals surface area contributed by atoms with E-state index in [0.717, 1.165) is 44.7 Å². The van der Waals surface area contributed by atoms with Crippen molar-refractivity contribution >= 4 is 11.3 Å². The lowest BCUT2D eigenvalue weighted by Gasteiger charge is -2.17. The van der Waals surface area contributed by atoms with Crippen molar-refractivity contribution in [2.24, 2.45) is 0 Å². The molecule has 0 atom stereocenters. The maximum absolute atomic E-state index is 5.41. The van der Waals surface area contributed by atoms with Crippen LogP contribution < -0.4 is 5.32 Å². The minimum atomic E-state index is 0.784. The van der Waals surface area contributed by atoms with Crippen molar-refractivity contribution < 1.29 is 4.74 Å². The zero-order valence-electron chi connectivity index (χ0n) is 18.2. The minimum Gasteiger partial charge on any atom is -0.385 e. The molecule has 2 nitrogen and oxygen atoms in total. The van der Waals surface area contributed by atoms with E-state index in [1.54, 1.807) is 0 Å². The molecule has 0 unspecified atom stereocenters. The van der Waals surface area contributed by atoms with Gasteiger partial charge in [-0.05, 0) is 60.6 Å². The largest absolute Gasteiger partial charge is 0.385 e. The highest BCUT2D eigenvalue weighted by molar-refractivity contribution is 5.83. The number of anilines is 1. The number of rotatable bonds is 11. The Hall–Kier alpha value is -2.84. The van der Waals surface area contributed by atoms with Gasteiger partial charge in [-0.15, -0.1) is 0 Å². The first-order valence-corrected chi connectivity index (χ1v) is 11.0. The highest BCUT2D eigenvalue weighted by Crippen LogP contribution is 2.31. The van der Waals surface area contributed by atoms with Crippen LogP contribution in [0.3, 0.4) is 0 Å². The quantitative estimate of drug-likeness (QED) is 0.351. The van der Waals surface area contributed by atoms with E-state index in [1.807, 2.05) is 6.92 Å². The van der Waals surface area contributed by atoms with Crippen LogP contribution in [0, 0.1) is 0 Å². The first-order valence-electron chi connectivity index (χ1n) is 11.0. The molecule has 2 heteroatoms. The van der Waals surface area contributed by atoms with Crippen molar-refractivity contribution in [3.63, 3.8) is 0 Å². The van der Waals surface area contributed by atoms with Gasteiger partial charge in [0.05, 0.1) is 0 Å². The van der Waals surface area contributed by atoms with Crippen molar-refractivity contribution in [3.05, 3.63) is 107 Å². The molecule has 0 saturated heterocycles. The molecular weight excluding hydrogens is 366 g/mol. The number of allylic oxidation sites excluding steroid dienone is 1. The Balaban J connectivity index is 1.85. The van der Waals surface area contributed by atoms with Crippen LogP contribution in [0.2, 0.25) is 0 Å². The fraction of sp³-hybridized carbons (Fsp3) is 0.286. The van der Waals surface area contributed by atoms with Crippen LogP contribution in [0.1, 0.15) is 43.4 Å². The van der Waals surface area contributed by atoms with Crippen molar-refractivity contribution in [3.8, 4) is 0 Å². The first-order chi connectivity index (χ1) is 14.8.